The Kier molecular flexibility index (Phi) is 4.48. The predicted octanol–water partition coefficient (Wildman–Crippen LogP) is 2.61. The number of likely N-dealkylation sites (tertiary alicyclic amines) is 1. The van der Waals surface area contributed by atoms with Gasteiger partial charge in [-0.05, 0) is 30.4 Å². The first-order chi connectivity index (χ1) is 10.7. The van der Waals surface area contributed by atoms with Gasteiger partial charge in [-0.2, -0.15) is 0 Å². The molecule has 0 radical (unpaired) electrons. The van der Waals surface area contributed by atoms with Crippen molar-refractivity contribution in [1.29, 1.82) is 0 Å². The standard InChI is InChI=1S/C18H24N2O2/c1-19-12-15(16-7-3-4-8-17(16)19)10-18(21)20-9-5-6-14(11-20)13-22-2/h3-4,7-8,12,14H,5-6,9-11,13H2,1-2H3. The van der Waals surface area contributed by atoms with Crippen molar-refractivity contribution < 1.29 is 9.53 Å². The van der Waals surface area contributed by atoms with Crippen LogP contribution in [0.2, 0.25) is 0 Å². The highest BCUT2D eigenvalue weighted by Crippen LogP contribution is 2.23. The lowest BCUT2D eigenvalue weighted by Crippen LogP contribution is -2.41. The number of para-hydroxylation sites is 1. The van der Waals surface area contributed by atoms with E-state index >= 15 is 0 Å². The number of nitrogens with zero attached hydrogens (tertiary/aromatic N) is 2. The van der Waals surface area contributed by atoms with Crippen molar-refractivity contribution in [3.05, 3.63) is 36.0 Å². The SMILES string of the molecule is COCC1CCCN(C(=O)Cc2cn(C)c3ccccc23)C1. The van der Waals surface area contributed by atoms with Gasteiger partial charge in [-0.15, -0.1) is 0 Å². The fourth-order valence-corrected chi connectivity index (χ4v) is 3.50. The van der Waals surface area contributed by atoms with E-state index in [1.54, 1.807) is 7.11 Å². The molecule has 1 fully saturated rings. The summed E-state index contributed by atoms with van der Waals surface area (Å²) < 4.78 is 7.35. The van der Waals surface area contributed by atoms with E-state index in [1.165, 1.54) is 10.9 Å². The summed E-state index contributed by atoms with van der Waals surface area (Å²) in [7, 11) is 3.77. The van der Waals surface area contributed by atoms with Gasteiger partial charge in [0.05, 0.1) is 13.0 Å². The third-order valence-electron chi connectivity index (χ3n) is 4.60. The van der Waals surface area contributed by atoms with Crippen molar-refractivity contribution in [2.24, 2.45) is 13.0 Å². The second-order valence-corrected chi connectivity index (χ2v) is 6.26. The zero-order chi connectivity index (χ0) is 15.5. The number of rotatable bonds is 4. The van der Waals surface area contributed by atoms with Gasteiger partial charge in [-0.3, -0.25) is 4.79 Å². The van der Waals surface area contributed by atoms with Crippen LogP contribution in [0.5, 0.6) is 0 Å². The molecule has 1 aliphatic rings. The predicted molar refractivity (Wildman–Crippen MR) is 87.8 cm³/mol. The molecule has 1 aliphatic heterocycles. The fourth-order valence-electron chi connectivity index (χ4n) is 3.50. The van der Waals surface area contributed by atoms with E-state index in [4.69, 9.17) is 4.74 Å². The molecule has 0 bridgehead atoms. The van der Waals surface area contributed by atoms with E-state index < -0.39 is 0 Å². The molecule has 1 atom stereocenters. The molecular weight excluding hydrogens is 276 g/mol. The molecule has 2 heterocycles. The minimum Gasteiger partial charge on any atom is -0.384 e. The Hall–Kier alpha value is -1.81. The topological polar surface area (TPSA) is 34.5 Å². The lowest BCUT2D eigenvalue weighted by Gasteiger charge is -2.32. The number of aryl methyl sites for hydroxylation is 1. The number of piperidine rings is 1. The second-order valence-electron chi connectivity index (χ2n) is 6.26. The molecule has 3 rings (SSSR count). The first-order valence-corrected chi connectivity index (χ1v) is 7.98. The molecule has 1 aromatic heterocycles. The molecule has 1 aromatic carbocycles. The van der Waals surface area contributed by atoms with Crippen molar-refractivity contribution >= 4 is 16.8 Å². The maximum atomic E-state index is 12.6. The molecule has 0 saturated carbocycles. The number of hydrogen-bond donors (Lipinski definition) is 0. The van der Waals surface area contributed by atoms with E-state index in [9.17, 15) is 4.79 Å². The molecule has 4 nitrogen and oxygen atoms in total. The third-order valence-corrected chi connectivity index (χ3v) is 4.60. The van der Waals surface area contributed by atoms with Gasteiger partial charge < -0.3 is 14.2 Å². The summed E-state index contributed by atoms with van der Waals surface area (Å²) in [5.74, 6) is 0.715. The van der Waals surface area contributed by atoms with Crippen molar-refractivity contribution in [3.63, 3.8) is 0 Å². The zero-order valence-corrected chi connectivity index (χ0v) is 13.4. The largest absolute Gasteiger partial charge is 0.384 e. The summed E-state index contributed by atoms with van der Waals surface area (Å²) >= 11 is 0. The summed E-state index contributed by atoms with van der Waals surface area (Å²) in [5, 5.41) is 1.18. The first-order valence-electron chi connectivity index (χ1n) is 7.98. The molecule has 1 unspecified atom stereocenters. The number of carbonyl (C=O) groups excluding carboxylic acids is 1. The Balaban J connectivity index is 1.73. The maximum Gasteiger partial charge on any atom is 0.227 e. The average Bonchev–Trinajstić information content (AvgIpc) is 2.85. The molecule has 1 saturated heterocycles. The number of ether oxygens (including phenoxy) is 1. The first kappa shape index (κ1) is 15.1. The highest BCUT2D eigenvalue weighted by molar-refractivity contribution is 5.89. The number of amides is 1. The molecule has 4 heteroatoms. The van der Waals surface area contributed by atoms with E-state index in [-0.39, 0.29) is 5.91 Å². The summed E-state index contributed by atoms with van der Waals surface area (Å²) in [6.07, 6.45) is 4.81. The Morgan fingerprint density at radius 2 is 2.18 bits per heavy atom. The van der Waals surface area contributed by atoms with E-state index in [2.05, 4.69) is 22.9 Å². The number of fused-ring (bicyclic) bond motifs is 1. The summed E-state index contributed by atoms with van der Waals surface area (Å²) in [5.41, 5.74) is 2.30. The molecule has 0 spiro atoms. The minimum absolute atomic E-state index is 0.233. The summed E-state index contributed by atoms with van der Waals surface area (Å²) in [6, 6.07) is 8.26. The fraction of sp³-hybridized carbons (Fsp3) is 0.500. The molecular formula is C18H24N2O2. The highest BCUT2D eigenvalue weighted by atomic mass is 16.5. The molecule has 2 aromatic rings. The van der Waals surface area contributed by atoms with Crippen molar-refractivity contribution in [1.82, 2.24) is 9.47 Å². The average molecular weight is 300 g/mol. The molecule has 1 amide bonds. The molecule has 118 valence electrons. The Labute approximate surface area is 131 Å². The smallest absolute Gasteiger partial charge is 0.227 e. The van der Waals surface area contributed by atoms with Crippen LogP contribution in [0.25, 0.3) is 10.9 Å². The molecule has 22 heavy (non-hydrogen) atoms. The van der Waals surface area contributed by atoms with Crippen LogP contribution in [0.4, 0.5) is 0 Å². The highest BCUT2D eigenvalue weighted by Gasteiger charge is 2.24. The second kappa shape index (κ2) is 6.53. The van der Waals surface area contributed by atoms with Gasteiger partial charge in [0.25, 0.3) is 0 Å². The van der Waals surface area contributed by atoms with Crippen LogP contribution in [0, 0.1) is 5.92 Å². The summed E-state index contributed by atoms with van der Waals surface area (Å²) in [6.45, 7) is 2.46. The summed E-state index contributed by atoms with van der Waals surface area (Å²) in [4.78, 5) is 14.7. The van der Waals surface area contributed by atoms with Gasteiger partial charge in [0.1, 0.15) is 0 Å². The molecule has 0 N–H and O–H groups in total. The van der Waals surface area contributed by atoms with Crippen molar-refractivity contribution in [3.8, 4) is 0 Å². The van der Waals surface area contributed by atoms with Gasteiger partial charge in [-0.25, -0.2) is 0 Å². The van der Waals surface area contributed by atoms with Crippen LogP contribution < -0.4 is 0 Å². The lowest BCUT2D eigenvalue weighted by molar-refractivity contribution is -0.132. The Morgan fingerprint density at radius 3 is 3.00 bits per heavy atom. The van der Waals surface area contributed by atoms with Crippen LogP contribution in [-0.4, -0.2) is 42.2 Å². The number of hydrogen-bond acceptors (Lipinski definition) is 2. The van der Waals surface area contributed by atoms with Crippen LogP contribution in [0.1, 0.15) is 18.4 Å². The van der Waals surface area contributed by atoms with E-state index in [0.717, 1.165) is 38.1 Å². The maximum absolute atomic E-state index is 12.6. The normalized spacial score (nSPS) is 18.8. The minimum atomic E-state index is 0.233. The van der Waals surface area contributed by atoms with Crippen LogP contribution in [0.3, 0.4) is 0 Å². The lowest BCUT2D eigenvalue weighted by atomic mass is 9.98. The quantitative estimate of drug-likeness (QED) is 0.870. The van der Waals surface area contributed by atoms with Gasteiger partial charge in [0.2, 0.25) is 5.91 Å². The monoisotopic (exact) mass is 300 g/mol. The van der Waals surface area contributed by atoms with Crippen LogP contribution >= 0.6 is 0 Å². The van der Waals surface area contributed by atoms with Crippen molar-refractivity contribution in [2.45, 2.75) is 19.3 Å². The van der Waals surface area contributed by atoms with Gasteiger partial charge in [-0.1, -0.05) is 18.2 Å². The third kappa shape index (κ3) is 3.02. The van der Waals surface area contributed by atoms with Gasteiger partial charge >= 0.3 is 0 Å². The number of methoxy groups -OCH3 is 1. The zero-order valence-electron chi connectivity index (χ0n) is 13.4. The number of carbonyl (C=O) groups is 1. The Bertz CT molecular complexity index is 660. The van der Waals surface area contributed by atoms with Crippen LogP contribution in [-0.2, 0) is 23.0 Å². The van der Waals surface area contributed by atoms with E-state index in [1.807, 2.05) is 24.1 Å². The van der Waals surface area contributed by atoms with Crippen LogP contribution in [0.15, 0.2) is 30.5 Å². The van der Waals surface area contributed by atoms with Crippen molar-refractivity contribution in [2.75, 3.05) is 26.8 Å². The molecule has 0 aliphatic carbocycles. The van der Waals surface area contributed by atoms with E-state index in [0.29, 0.717) is 12.3 Å². The number of aromatic nitrogens is 1. The number of benzene rings is 1. The van der Waals surface area contributed by atoms with Gasteiger partial charge in [0.15, 0.2) is 0 Å². The Morgan fingerprint density at radius 1 is 1.36 bits per heavy atom. The van der Waals surface area contributed by atoms with Gasteiger partial charge in [0, 0.05) is 44.3 Å².